The van der Waals surface area contributed by atoms with Crippen LogP contribution in [0, 0.1) is 11.3 Å². The monoisotopic (exact) mass is 273 g/mol. The quantitative estimate of drug-likeness (QED) is 0.724. The number of nitrogens with two attached hydrogens (primary N) is 1. The van der Waals surface area contributed by atoms with Crippen molar-refractivity contribution in [2.45, 2.75) is 19.8 Å². The van der Waals surface area contributed by atoms with Crippen LogP contribution in [0.5, 0.6) is 0 Å². The molecule has 0 bridgehead atoms. The number of hydrogen-bond acceptors (Lipinski definition) is 4. The van der Waals surface area contributed by atoms with Gasteiger partial charge in [0, 0.05) is 5.56 Å². The van der Waals surface area contributed by atoms with Crippen LogP contribution in [0.3, 0.4) is 0 Å². The summed E-state index contributed by atoms with van der Waals surface area (Å²) in [6.45, 7) is 2.96. The van der Waals surface area contributed by atoms with E-state index in [0.29, 0.717) is 17.7 Å². The minimum atomic E-state index is -0.436. The third kappa shape index (κ3) is 5.21. The molecular formula is C15H19N3O2. The predicted octanol–water partition coefficient (Wildman–Crippen LogP) is 1.33. The fraction of sp³-hybridized carbons (Fsp3) is 0.400. The molecule has 0 aliphatic rings. The Morgan fingerprint density at radius 2 is 1.90 bits per heavy atom. The van der Waals surface area contributed by atoms with Crippen molar-refractivity contribution >= 4 is 11.7 Å². The summed E-state index contributed by atoms with van der Waals surface area (Å²) in [5, 5.41) is 8.71. The van der Waals surface area contributed by atoms with Crippen LogP contribution in [0.4, 0.5) is 0 Å². The molecule has 0 aliphatic heterocycles. The summed E-state index contributed by atoms with van der Waals surface area (Å²) in [5.74, 6) is -0.513. The summed E-state index contributed by atoms with van der Waals surface area (Å²) < 4.78 is 0. The van der Waals surface area contributed by atoms with Gasteiger partial charge in [-0.05, 0) is 25.1 Å². The first-order valence-electron chi connectivity index (χ1n) is 6.60. The molecule has 106 valence electrons. The molecule has 0 fully saturated rings. The Morgan fingerprint density at radius 1 is 1.25 bits per heavy atom. The molecule has 0 saturated heterocycles. The first-order valence-corrected chi connectivity index (χ1v) is 6.60. The summed E-state index contributed by atoms with van der Waals surface area (Å²) in [7, 11) is 0. The van der Waals surface area contributed by atoms with Gasteiger partial charge in [0.25, 0.3) is 0 Å². The number of Topliss-reactive ketones (excluding diaryl/α,β-unsaturated/α-hetero) is 1. The van der Waals surface area contributed by atoms with E-state index in [9.17, 15) is 9.59 Å². The molecule has 1 rings (SSSR count). The molecule has 5 heteroatoms. The molecule has 0 aromatic heterocycles. The number of hydrogen-bond donors (Lipinski definition) is 1. The SMILES string of the molecule is CCCCN(CC(N)=O)CC(=O)c1ccc(C#N)cc1. The highest BCUT2D eigenvalue weighted by atomic mass is 16.1. The largest absolute Gasteiger partial charge is 0.369 e. The Bertz CT molecular complexity index is 503. The minimum absolute atomic E-state index is 0.0770. The second-order valence-corrected chi connectivity index (χ2v) is 4.64. The van der Waals surface area contributed by atoms with Crippen LogP contribution in [0.1, 0.15) is 35.7 Å². The third-order valence-corrected chi connectivity index (χ3v) is 2.91. The van der Waals surface area contributed by atoms with Crippen molar-refractivity contribution in [1.82, 2.24) is 4.90 Å². The highest BCUT2D eigenvalue weighted by Gasteiger charge is 2.14. The Balaban J connectivity index is 2.68. The van der Waals surface area contributed by atoms with E-state index in [1.807, 2.05) is 13.0 Å². The zero-order valence-electron chi connectivity index (χ0n) is 11.6. The van der Waals surface area contributed by atoms with Gasteiger partial charge in [-0.2, -0.15) is 5.26 Å². The number of nitriles is 1. The molecule has 5 nitrogen and oxygen atoms in total. The average Bonchev–Trinajstić information content (AvgIpc) is 2.44. The number of primary amides is 1. The predicted molar refractivity (Wildman–Crippen MR) is 76.0 cm³/mol. The molecule has 0 aliphatic carbocycles. The van der Waals surface area contributed by atoms with Crippen molar-refractivity contribution < 1.29 is 9.59 Å². The molecule has 20 heavy (non-hydrogen) atoms. The molecule has 1 amide bonds. The Labute approximate surface area is 119 Å². The summed E-state index contributed by atoms with van der Waals surface area (Å²) in [6, 6.07) is 8.48. The van der Waals surface area contributed by atoms with Crippen LogP contribution in [0.2, 0.25) is 0 Å². The number of nitrogens with zero attached hydrogens (tertiary/aromatic N) is 2. The molecule has 1 aromatic carbocycles. The van der Waals surface area contributed by atoms with Gasteiger partial charge in [0.15, 0.2) is 5.78 Å². The number of ketones is 1. The van der Waals surface area contributed by atoms with Crippen LogP contribution in [0.25, 0.3) is 0 Å². The maximum atomic E-state index is 12.1. The van der Waals surface area contributed by atoms with Gasteiger partial charge in [-0.1, -0.05) is 25.5 Å². The Kier molecular flexibility index (Phi) is 6.41. The van der Waals surface area contributed by atoms with Crippen LogP contribution in [-0.4, -0.2) is 36.2 Å². The van der Waals surface area contributed by atoms with E-state index >= 15 is 0 Å². The molecule has 0 unspecified atom stereocenters. The minimum Gasteiger partial charge on any atom is -0.369 e. The second-order valence-electron chi connectivity index (χ2n) is 4.64. The van der Waals surface area contributed by atoms with E-state index in [1.165, 1.54) is 0 Å². The molecule has 2 N–H and O–H groups in total. The van der Waals surface area contributed by atoms with Crippen molar-refractivity contribution in [2.75, 3.05) is 19.6 Å². The normalized spacial score (nSPS) is 10.2. The summed E-state index contributed by atoms with van der Waals surface area (Å²) in [6.07, 6.45) is 1.90. The van der Waals surface area contributed by atoms with Crippen LogP contribution >= 0.6 is 0 Å². The number of carbonyl (C=O) groups is 2. The molecular weight excluding hydrogens is 254 g/mol. The van der Waals surface area contributed by atoms with Gasteiger partial charge in [0.05, 0.1) is 24.7 Å². The van der Waals surface area contributed by atoms with Gasteiger partial charge in [0.2, 0.25) is 5.91 Å². The lowest BCUT2D eigenvalue weighted by Crippen LogP contribution is -2.38. The zero-order valence-corrected chi connectivity index (χ0v) is 11.6. The molecule has 0 atom stereocenters. The summed E-state index contributed by atoms with van der Waals surface area (Å²) in [5.41, 5.74) is 6.24. The first-order chi connectivity index (χ1) is 9.56. The van der Waals surface area contributed by atoms with Gasteiger partial charge in [-0.25, -0.2) is 0 Å². The van der Waals surface area contributed by atoms with Gasteiger partial charge >= 0.3 is 0 Å². The van der Waals surface area contributed by atoms with Gasteiger partial charge < -0.3 is 5.73 Å². The van der Waals surface area contributed by atoms with E-state index in [-0.39, 0.29) is 18.9 Å². The highest BCUT2D eigenvalue weighted by molar-refractivity contribution is 5.97. The van der Waals surface area contributed by atoms with E-state index in [2.05, 4.69) is 0 Å². The Morgan fingerprint density at radius 3 is 2.40 bits per heavy atom. The summed E-state index contributed by atoms with van der Waals surface area (Å²) in [4.78, 5) is 24.9. The number of benzene rings is 1. The molecule has 1 aromatic rings. The fourth-order valence-electron chi connectivity index (χ4n) is 1.84. The zero-order chi connectivity index (χ0) is 15.0. The Hall–Kier alpha value is -2.19. The summed E-state index contributed by atoms with van der Waals surface area (Å²) >= 11 is 0. The molecule has 0 heterocycles. The lowest BCUT2D eigenvalue weighted by atomic mass is 10.1. The van der Waals surface area contributed by atoms with Gasteiger partial charge in [-0.15, -0.1) is 0 Å². The van der Waals surface area contributed by atoms with Crippen molar-refractivity contribution in [3.8, 4) is 6.07 Å². The number of unbranched alkanes of at least 4 members (excludes halogenated alkanes) is 1. The van der Waals surface area contributed by atoms with Crippen molar-refractivity contribution in [1.29, 1.82) is 5.26 Å². The van der Waals surface area contributed by atoms with E-state index in [4.69, 9.17) is 11.0 Å². The smallest absolute Gasteiger partial charge is 0.231 e. The lowest BCUT2D eigenvalue weighted by Gasteiger charge is -2.19. The first kappa shape index (κ1) is 15.9. The molecule has 0 radical (unpaired) electrons. The van der Waals surface area contributed by atoms with E-state index < -0.39 is 5.91 Å². The average molecular weight is 273 g/mol. The van der Waals surface area contributed by atoms with Crippen LogP contribution in [0.15, 0.2) is 24.3 Å². The van der Waals surface area contributed by atoms with E-state index in [0.717, 1.165) is 12.8 Å². The standard InChI is InChI=1S/C15H19N3O2/c1-2-3-8-18(11-15(17)20)10-14(19)13-6-4-12(9-16)5-7-13/h4-7H,2-3,8,10-11H2,1H3,(H2,17,20). The third-order valence-electron chi connectivity index (χ3n) is 2.91. The lowest BCUT2D eigenvalue weighted by molar-refractivity contribution is -0.119. The van der Waals surface area contributed by atoms with Crippen LogP contribution < -0.4 is 5.73 Å². The highest BCUT2D eigenvalue weighted by Crippen LogP contribution is 2.06. The van der Waals surface area contributed by atoms with Crippen LogP contribution in [-0.2, 0) is 4.79 Å². The maximum absolute atomic E-state index is 12.1. The van der Waals surface area contributed by atoms with Gasteiger partial charge in [-0.3, -0.25) is 14.5 Å². The van der Waals surface area contributed by atoms with Crippen molar-refractivity contribution in [2.24, 2.45) is 5.73 Å². The fourth-order valence-corrected chi connectivity index (χ4v) is 1.84. The molecule has 0 saturated carbocycles. The van der Waals surface area contributed by atoms with Gasteiger partial charge in [0.1, 0.15) is 0 Å². The number of amides is 1. The van der Waals surface area contributed by atoms with E-state index in [1.54, 1.807) is 29.2 Å². The topological polar surface area (TPSA) is 87.2 Å². The molecule has 0 spiro atoms. The maximum Gasteiger partial charge on any atom is 0.231 e. The number of rotatable bonds is 8. The van der Waals surface area contributed by atoms with Crippen molar-refractivity contribution in [3.63, 3.8) is 0 Å². The van der Waals surface area contributed by atoms with Crippen molar-refractivity contribution in [3.05, 3.63) is 35.4 Å². The second kappa shape index (κ2) is 8.08. The number of carbonyl (C=O) groups excluding carboxylic acids is 2.